The topological polar surface area (TPSA) is 49.3 Å². The summed E-state index contributed by atoms with van der Waals surface area (Å²) in [4.78, 5) is 11.0. The lowest BCUT2D eigenvalue weighted by atomic mass is 9.63. The van der Waals surface area contributed by atoms with Crippen LogP contribution in [0, 0.1) is 0 Å². The van der Waals surface area contributed by atoms with E-state index in [1.54, 1.807) is 24.3 Å². The molecule has 0 fully saturated rings. The molecule has 0 saturated carbocycles. The summed E-state index contributed by atoms with van der Waals surface area (Å²) in [6.45, 7) is 13.4. The summed E-state index contributed by atoms with van der Waals surface area (Å²) in [5, 5.41) is 12.4. The van der Waals surface area contributed by atoms with Crippen LogP contribution in [0.2, 0.25) is 0 Å². The molecule has 2 N–H and O–H groups in total. The summed E-state index contributed by atoms with van der Waals surface area (Å²) >= 11 is 0. The molecule has 26 heavy (non-hydrogen) atoms. The minimum atomic E-state index is -0.922. The average molecular weight is 349 g/mol. The Kier molecular flexibility index (Phi) is 4.43. The fraction of sp³-hybridized carbons (Fsp3) is 0.348. The fourth-order valence-electron chi connectivity index (χ4n) is 3.73. The third-order valence-electron chi connectivity index (χ3n) is 5.63. The highest BCUT2D eigenvalue weighted by atomic mass is 16.4. The second-order valence-electron chi connectivity index (χ2n) is 8.51. The third kappa shape index (κ3) is 3.39. The molecule has 0 radical (unpaired) electrons. The molecule has 0 amide bonds. The van der Waals surface area contributed by atoms with Gasteiger partial charge in [-0.05, 0) is 64.6 Å². The lowest BCUT2D eigenvalue weighted by Gasteiger charge is -2.42. The molecule has 0 saturated heterocycles. The Bertz CT molecular complexity index is 860. The van der Waals surface area contributed by atoms with E-state index in [2.05, 4.69) is 57.8 Å². The highest BCUT2D eigenvalue weighted by Gasteiger charge is 2.36. The van der Waals surface area contributed by atoms with Crippen LogP contribution in [-0.4, -0.2) is 11.1 Å². The molecular weight excluding hydrogens is 322 g/mol. The largest absolute Gasteiger partial charge is 0.478 e. The zero-order chi connectivity index (χ0) is 19.1. The predicted octanol–water partition coefficient (Wildman–Crippen LogP) is 5.82. The van der Waals surface area contributed by atoms with E-state index in [-0.39, 0.29) is 16.4 Å². The predicted molar refractivity (Wildman–Crippen MR) is 108 cm³/mol. The van der Waals surface area contributed by atoms with Gasteiger partial charge in [0.2, 0.25) is 0 Å². The highest BCUT2D eigenvalue weighted by molar-refractivity contribution is 5.88. The van der Waals surface area contributed by atoms with Crippen molar-refractivity contribution in [2.75, 3.05) is 5.32 Å². The van der Waals surface area contributed by atoms with E-state index in [1.165, 1.54) is 24.0 Å². The van der Waals surface area contributed by atoms with Gasteiger partial charge in [0.05, 0.1) is 5.56 Å². The van der Waals surface area contributed by atoms with Crippen LogP contribution in [0.3, 0.4) is 0 Å². The van der Waals surface area contributed by atoms with Crippen LogP contribution in [0.25, 0.3) is 5.70 Å². The normalized spacial score (nSPS) is 17.2. The molecule has 136 valence electrons. The number of anilines is 1. The SMILES string of the molecule is C=C(Nc1ccc2c(c1)C(C)(C)CCC2(C)C)c1ccc(C(=O)O)cc1. The first-order valence-corrected chi connectivity index (χ1v) is 9.05. The Morgan fingerprint density at radius 2 is 1.46 bits per heavy atom. The molecule has 0 aromatic heterocycles. The average Bonchev–Trinajstić information content (AvgIpc) is 2.59. The summed E-state index contributed by atoms with van der Waals surface area (Å²) < 4.78 is 0. The van der Waals surface area contributed by atoms with E-state index in [0.29, 0.717) is 0 Å². The van der Waals surface area contributed by atoms with Gasteiger partial charge in [0, 0.05) is 11.4 Å². The summed E-state index contributed by atoms with van der Waals surface area (Å²) in [5.74, 6) is -0.922. The maximum Gasteiger partial charge on any atom is 0.335 e. The van der Waals surface area contributed by atoms with Crippen molar-refractivity contribution in [1.82, 2.24) is 0 Å². The van der Waals surface area contributed by atoms with Gasteiger partial charge in [-0.3, -0.25) is 0 Å². The van der Waals surface area contributed by atoms with Gasteiger partial charge in [-0.2, -0.15) is 0 Å². The van der Waals surface area contributed by atoms with Gasteiger partial charge in [0.15, 0.2) is 0 Å². The van der Waals surface area contributed by atoms with Gasteiger partial charge in [-0.25, -0.2) is 4.79 Å². The van der Waals surface area contributed by atoms with Gasteiger partial charge in [0.1, 0.15) is 0 Å². The van der Waals surface area contributed by atoms with Gasteiger partial charge in [0.25, 0.3) is 0 Å². The molecule has 3 rings (SSSR count). The molecule has 1 aliphatic carbocycles. The van der Waals surface area contributed by atoms with E-state index < -0.39 is 5.97 Å². The first-order chi connectivity index (χ1) is 12.1. The molecular formula is C23H27NO2. The highest BCUT2D eigenvalue weighted by Crippen LogP contribution is 2.46. The molecule has 3 heteroatoms. The number of carboxylic acid groups (broad SMARTS) is 1. The number of rotatable bonds is 4. The zero-order valence-corrected chi connectivity index (χ0v) is 16.0. The van der Waals surface area contributed by atoms with Crippen molar-refractivity contribution in [3.63, 3.8) is 0 Å². The maximum atomic E-state index is 11.0. The van der Waals surface area contributed by atoms with Crippen LogP contribution in [0.15, 0.2) is 49.0 Å². The molecule has 2 aromatic carbocycles. The molecule has 0 unspecified atom stereocenters. The van der Waals surface area contributed by atoms with Crippen molar-refractivity contribution in [3.8, 4) is 0 Å². The molecule has 0 heterocycles. The van der Waals surface area contributed by atoms with Gasteiger partial charge >= 0.3 is 5.97 Å². The quantitative estimate of drug-likeness (QED) is 0.731. The molecule has 0 atom stereocenters. The Labute approximate surface area is 155 Å². The van der Waals surface area contributed by atoms with Crippen LogP contribution in [0.1, 0.15) is 67.6 Å². The smallest absolute Gasteiger partial charge is 0.335 e. The van der Waals surface area contributed by atoms with Crippen molar-refractivity contribution in [2.24, 2.45) is 0 Å². The van der Waals surface area contributed by atoms with E-state index in [1.807, 2.05) is 0 Å². The standard InChI is InChI=1S/C23H27NO2/c1-15(16-6-8-17(9-7-16)21(25)26)24-18-10-11-19-20(14-18)23(4,5)13-12-22(19,2)3/h6-11,14,24H,1,12-13H2,2-5H3,(H,25,26). The van der Waals surface area contributed by atoms with E-state index in [0.717, 1.165) is 16.9 Å². The Hall–Kier alpha value is -2.55. The van der Waals surface area contributed by atoms with Gasteiger partial charge < -0.3 is 10.4 Å². The molecule has 2 aromatic rings. The van der Waals surface area contributed by atoms with Crippen molar-refractivity contribution in [1.29, 1.82) is 0 Å². The molecule has 3 nitrogen and oxygen atoms in total. The Morgan fingerprint density at radius 3 is 2.04 bits per heavy atom. The fourth-order valence-corrected chi connectivity index (χ4v) is 3.73. The van der Waals surface area contributed by atoms with Crippen LogP contribution in [0.5, 0.6) is 0 Å². The van der Waals surface area contributed by atoms with Crippen LogP contribution in [-0.2, 0) is 10.8 Å². The van der Waals surface area contributed by atoms with Crippen molar-refractivity contribution in [2.45, 2.75) is 51.4 Å². The van der Waals surface area contributed by atoms with E-state index >= 15 is 0 Å². The van der Waals surface area contributed by atoms with Crippen LogP contribution in [0.4, 0.5) is 5.69 Å². The number of aromatic carboxylic acids is 1. The minimum absolute atomic E-state index is 0.160. The van der Waals surface area contributed by atoms with E-state index in [9.17, 15) is 4.79 Å². The minimum Gasteiger partial charge on any atom is -0.478 e. The van der Waals surface area contributed by atoms with Crippen molar-refractivity contribution >= 4 is 17.4 Å². The molecule has 0 spiro atoms. The summed E-state index contributed by atoms with van der Waals surface area (Å²) in [7, 11) is 0. The first-order valence-electron chi connectivity index (χ1n) is 9.05. The van der Waals surface area contributed by atoms with Crippen LogP contribution < -0.4 is 5.32 Å². The van der Waals surface area contributed by atoms with Crippen LogP contribution >= 0.6 is 0 Å². The first kappa shape index (κ1) is 18.2. The van der Waals surface area contributed by atoms with Crippen molar-refractivity contribution < 1.29 is 9.90 Å². The number of hydrogen-bond donors (Lipinski definition) is 2. The van der Waals surface area contributed by atoms with Crippen molar-refractivity contribution in [3.05, 3.63) is 71.3 Å². The number of carboxylic acids is 1. The Balaban J connectivity index is 1.87. The summed E-state index contributed by atoms with van der Waals surface area (Å²) in [5.41, 5.74) is 6.12. The number of fused-ring (bicyclic) bond motifs is 1. The number of hydrogen-bond acceptors (Lipinski definition) is 2. The maximum absolute atomic E-state index is 11.0. The second-order valence-corrected chi connectivity index (χ2v) is 8.51. The zero-order valence-electron chi connectivity index (χ0n) is 16.0. The number of nitrogens with one attached hydrogen (secondary N) is 1. The molecule has 0 aliphatic heterocycles. The van der Waals surface area contributed by atoms with E-state index in [4.69, 9.17) is 5.11 Å². The van der Waals surface area contributed by atoms with Gasteiger partial charge in [-0.1, -0.05) is 52.5 Å². The second kappa shape index (κ2) is 6.31. The number of carbonyl (C=O) groups is 1. The molecule has 0 bridgehead atoms. The third-order valence-corrected chi connectivity index (χ3v) is 5.63. The lowest BCUT2D eigenvalue weighted by molar-refractivity contribution is 0.0697. The summed E-state index contributed by atoms with van der Waals surface area (Å²) in [6.07, 6.45) is 2.37. The molecule has 1 aliphatic rings. The number of benzene rings is 2. The lowest BCUT2D eigenvalue weighted by Crippen LogP contribution is -2.33. The monoisotopic (exact) mass is 349 g/mol. The Morgan fingerprint density at radius 1 is 0.923 bits per heavy atom. The summed E-state index contributed by atoms with van der Waals surface area (Å²) in [6, 6.07) is 13.4. The van der Waals surface area contributed by atoms with Gasteiger partial charge in [-0.15, -0.1) is 0 Å².